The van der Waals surface area contributed by atoms with E-state index < -0.39 is 0 Å². The monoisotopic (exact) mass is 257 g/mol. The van der Waals surface area contributed by atoms with Crippen LogP contribution >= 0.6 is 12.4 Å². The molecule has 1 unspecified atom stereocenters. The van der Waals surface area contributed by atoms with E-state index in [0.29, 0.717) is 12.0 Å². The molecule has 0 bridgehead atoms. The number of nitrogens with zero attached hydrogens (tertiary/aromatic N) is 2. The largest absolute Gasteiger partial charge is 0.339 e. The summed E-state index contributed by atoms with van der Waals surface area (Å²) < 4.78 is 5.34. The van der Waals surface area contributed by atoms with E-state index in [9.17, 15) is 0 Å². The van der Waals surface area contributed by atoms with E-state index in [-0.39, 0.29) is 12.4 Å². The highest BCUT2D eigenvalue weighted by atomic mass is 35.5. The first-order valence-electron chi connectivity index (χ1n) is 6.47. The predicted octanol–water partition coefficient (Wildman–Crippen LogP) is 2.44. The minimum Gasteiger partial charge on any atom is -0.339 e. The van der Waals surface area contributed by atoms with E-state index in [1.54, 1.807) is 0 Å². The number of hydrogen-bond donors (Lipinski definition) is 1. The van der Waals surface area contributed by atoms with Crippen LogP contribution in [-0.2, 0) is 6.42 Å². The van der Waals surface area contributed by atoms with Crippen LogP contribution in [0.5, 0.6) is 0 Å². The van der Waals surface area contributed by atoms with Crippen molar-refractivity contribution in [2.45, 2.75) is 56.9 Å². The maximum Gasteiger partial charge on any atom is 0.228 e. The van der Waals surface area contributed by atoms with Crippen LogP contribution in [0.4, 0.5) is 0 Å². The van der Waals surface area contributed by atoms with Crippen molar-refractivity contribution in [2.24, 2.45) is 0 Å². The Morgan fingerprint density at radius 3 is 2.71 bits per heavy atom. The molecule has 0 radical (unpaired) electrons. The van der Waals surface area contributed by atoms with Gasteiger partial charge in [0, 0.05) is 18.4 Å². The lowest BCUT2D eigenvalue weighted by molar-refractivity contribution is 0.357. The molecule has 1 aromatic heterocycles. The molecule has 5 heteroatoms. The summed E-state index contributed by atoms with van der Waals surface area (Å²) in [5.41, 5.74) is 0. The summed E-state index contributed by atoms with van der Waals surface area (Å²) in [7, 11) is 0. The van der Waals surface area contributed by atoms with Crippen molar-refractivity contribution in [3.63, 3.8) is 0 Å². The highest BCUT2D eigenvalue weighted by Gasteiger charge is 2.23. The van der Waals surface area contributed by atoms with Gasteiger partial charge in [0.1, 0.15) is 0 Å². The third-order valence-electron chi connectivity index (χ3n) is 3.79. The molecule has 1 atom stereocenters. The van der Waals surface area contributed by atoms with E-state index >= 15 is 0 Å². The van der Waals surface area contributed by atoms with Gasteiger partial charge >= 0.3 is 0 Å². The molecular formula is C12H20ClN3O. The lowest BCUT2D eigenvalue weighted by atomic mass is 10.1. The summed E-state index contributed by atoms with van der Waals surface area (Å²) in [4.78, 5) is 4.54. The fourth-order valence-corrected chi connectivity index (χ4v) is 2.84. The summed E-state index contributed by atoms with van der Waals surface area (Å²) in [6.07, 6.45) is 8.52. The summed E-state index contributed by atoms with van der Waals surface area (Å²) in [6.45, 7) is 1.13. The lowest BCUT2D eigenvalue weighted by Crippen LogP contribution is -2.23. The lowest BCUT2D eigenvalue weighted by Gasteiger charge is -2.04. The molecule has 1 aromatic rings. The van der Waals surface area contributed by atoms with Crippen LogP contribution in [0.1, 0.15) is 56.2 Å². The van der Waals surface area contributed by atoms with Crippen LogP contribution < -0.4 is 5.32 Å². The third-order valence-corrected chi connectivity index (χ3v) is 3.79. The molecule has 0 aromatic carbocycles. The Hall–Kier alpha value is -0.610. The second kappa shape index (κ2) is 5.83. The molecule has 0 spiro atoms. The van der Waals surface area contributed by atoms with Crippen LogP contribution in [0, 0.1) is 0 Å². The molecule has 2 fully saturated rings. The quantitative estimate of drug-likeness (QED) is 0.904. The van der Waals surface area contributed by atoms with Crippen LogP contribution in [0.3, 0.4) is 0 Å². The minimum atomic E-state index is 0. The first-order valence-corrected chi connectivity index (χ1v) is 6.47. The Balaban J connectivity index is 0.00000108. The van der Waals surface area contributed by atoms with Crippen molar-refractivity contribution in [2.75, 3.05) is 6.54 Å². The van der Waals surface area contributed by atoms with Gasteiger partial charge in [-0.15, -0.1) is 12.4 Å². The molecule has 2 aliphatic rings. The average Bonchev–Trinajstić information content (AvgIpc) is 2.99. The number of aromatic nitrogens is 2. The summed E-state index contributed by atoms with van der Waals surface area (Å²) in [5.74, 6) is 2.33. The molecule has 1 saturated heterocycles. The molecule has 3 rings (SSSR count). The Labute approximate surface area is 108 Å². The predicted molar refractivity (Wildman–Crippen MR) is 67.5 cm³/mol. The van der Waals surface area contributed by atoms with Gasteiger partial charge in [-0.2, -0.15) is 4.98 Å². The molecule has 1 aliphatic carbocycles. The van der Waals surface area contributed by atoms with E-state index in [1.165, 1.54) is 38.5 Å². The number of rotatable bonds is 3. The standard InChI is InChI=1S/C12H19N3O.ClH/c1-2-5-9(4-1)12-14-11(16-15-12)8-10-6-3-7-13-10;/h9-10,13H,1-8H2;1H. The molecule has 1 N–H and O–H groups in total. The first kappa shape index (κ1) is 12.8. The Kier molecular flexibility index (Phi) is 4.40. The van der Waals surface area contributed by atoms with Crippen LogP contribution in [0.2, 0.25) is 0 Å². The van der Waals surface area contributed by atoms with E-state index in [2.05, 4.69) is 15.5 Å². The van der Waals surface area contributed by atoms with Gasteiger partial charge in [0.2, 0.25) is 5.89 Å². The minimum absolute atomic E-state index is 0. The van der Waals surface area contributed by atoms with Crippen molar-refractivity contribution in [1.82, 2.24) is 15.5 Å². The van der Waals surface area contributed by atoms with E-state index in [1.807, 2.05) is 0 Å². The van der Waals surface area contributed by atoms with Crippen LogP contribution in [0.15, 0.2) is 4.52 Å². The van der Waals surface area contributed by atoms with Gasteiger partial charge in [-0.1, -0.05) is 18.0 Å². The second-order valence-electron chi connectivity index (χ2n) is 5.03. The number of nitrogens with one attached hydrogen (secondary N) is 1. The smallest absolute Gasteiger partial charge is 0.228 e. The topological polar surface area (TPSA) is 51.0 Å². The maximum atomic E-state index is 5.34. The molecule has 1 aliphatic heterocycles. The van der Waals surface area contributed by atoms with Crippen molar-refractivity contribution in [3.8, 4) is 0 Å². The van der Waals surface area contributed by atoms with Gasteiger partial charge in [0.25, 0.3) is 0 Å². The summed E-state index contributed by atoms with van der Waals surface area (Å²) in [5, 5.41) is 7.58. The molecule has 1 saturated carbocycles. The van der Waals surface area contributed by atoms with Gasteiger partial charge in [0.15, 0.2) is 5.82 Å². The van der Waals surface area contributed by atoms with Crippen molar-refractivity contribution >= 4 is 12.4 Å². The number of hydrogen-bond acceptors (Lipinski definition) is 4. The molecule has 96 valence electrons. The van der Waals surface area contributed by atoms with Crippen LogP contribution in [0.25, 0.3) is 0 Å². The highest BCUT2D eigenvalue weighted by molar-refractivity contribution is 5.85. The highest BCUT2D eigenvalue weighted by Crippen LogP contribution is 2.32. The van der Waals surface area contributed by atoms with Crippen LogP contribution in [-0.4, -0.2) is 22.7 Å². The molecular weight excluding hydrogens is 238 g/mol. The zero-order valence-corrected chi connectivity index (χ0v) is 10.8. The average molecular weight is 258 g/mol. The normalized spacial score (nSPS) is 25.1. The van der Waals surface area contributed by atoms with Gasteiger partial charge in [-0.05, 0) is 32.2 Å². The fraction of sp³-hybridized carbons (Fsp3) is 0.833. The fourth-order valence-electron chi connectivity index (χ4n) is 2.84. The summed E-state index contributed by atoms with van der Waals surface area (Å²) in [6, 6.07) is 0.553. The zero-order valence-electron chi connectivity index (χ0n) is 10.0. The van der Waals surface area contributed by atoms with Crippen molar-refractivity contribution in [1.29, 1.82) is 0 Å². The Morgan fingerprint density at radius 1 is 1.18 bits per heavy atom. The summed E-state index contributed by atoms with van der Waals surface area (Å²) >= 11 is 0. The van der Waals surface area contributed by atoms with Crippen molar-refractivity contribution < 1.29 is 4.52 Å². The van der Waals surface area contributed by atoms with Gasteiger partial charge in [0.05, 0.1) is 0 Å². The van der Waals surface area contributed by atoms with Crippen molar-refractivity contribution in [3.05, 3.63) is 11.7 Å². The zero-order chi connectivity index (χ0) is 10.8. The first-order chi connectivity index (χ1) is 7.92. The Morgan fingerprint density at radius 2 is 2.00 bits per heavy atom. The van der Waals surface area contributed by atoms with Gasteiger partial charge < -0.3 is 9.84 Å². The third kappa shape index (κ3) is 2.99. The molecule has 4 nitrogen and oxygen atoms in total. The molecule has 2 heterocycles. The van der Waals surface area contributed by atoms with E-state index in [4.69, 9.17) is 4.52 Å². The van der Waals surface area contributed by atoms with Gasteiger partial charge in [-0.3, -0.25) is 0 Å². The number of halogens is 1. The molecule has 0 amide bonds. The second-order valence-corrected chi connectivity index (χ2v) is 5.03. The van der Waals surface area contributed by atoms with Gasteiger partial charge in [-0.25, -0.2) is 0 Å². The maximum absolute atomic E-state index is 5.34. The Bertz CT molecular complexity index is 343. The molecule has 17 heavy (non-hydrogen) atoms. The SMILES string of the molecule is C1CNC(Cc2nc(C3CCCC3)no2)C1.Cl. The van der Waals surface area contributed by atoms with E-state index in [0.717, 1.165) is 24.7 Å².